The van der Waals surface area contributed by atoms with E-state index in [-0.39, 0.29) is 11.7 Å². The molecule has 3 aromatic rings. The minimum atomic E-state index is -0.106. The molecular weight excluding hydrogens is 434 g/mol. The zero-order chi connectivity index (χ0) is 23.0. The molecule has 2 aromatic carbocycles. The van der Waals surface area contributed by atoms with Gasteiger partial charge in [0, 0.05) is 31.9 Å². The van der Waals surface area contributed by atoms with Gasteiger partial charge in [0.15, 0.2) is 5.82 Å². The molecule has 1 aliphatic rings. The van der Waals surface area contributed by atoms with Crippen molar-refractivity contribution in [3.8, 4) is 5.75 Å². The van der Waals surface area contributed by atoms with Crippen molar-refractivity contribution in [1.29, 1.82) is 0 Å². The number of piperazine rings is 1. The Morgan fingerprint density at radius 1 is 1.00 bits per heavy atom. The van der Waals surface area contributed by atoms with Gasteiger partial charge in [0.05, 0.1) is 18.0 Å². The lowest BCUT2D eigenvalue weighted by atomic mass is 10.2. The van der Waals surface area contributed by atoms with Crippen molar-refractivity contribution in [3.63, 3.8) is 0 Å². The van der Waals surface area contributed by atoms with Crippen LogP contribution in [0.4, 0.5) is 17.2 Å². The summed E-state index contributed by atoms with van der Waals surface area (Å²) >= 11 is 1.37. The fraction of sp³-hybridized carbons (Fsp3) is 0.320. The minimum absolute atomic E-state index is 0.106. The van der Waals surface area contributed by atoms with E-state index in [1.165, 1.54) is 23.0 Å². The third-order valence-corrected chi connectivity index (χ3v) is 6.33. The van der Waals surface area contributed by atoms with Gasteiger partial charge in [-0.15, -0.1) is 10.2 Å². The molecule has 0 atom stereocenters. The molecule has 0 unspecified atom stereocenters. The Morgan fingerprint density at radius 3 is 2.52 bits per heavy atom. The number of ether oxygens (including phenoxy) is 1. The molecule has 8 heteroatoms. The number of aromatic nitrogens is 2. The van der Waals surface area contributed by atoms with Gasteiger partial charge >= 0.3 is 0 Å². The maximum atomic E-state index is 12.4. The highest BCUT2D eigenvalue weighted by Crippen LogP contribution is 2.25. The van der Waals surface area contributed by atoms with E-state index in [1.807, 2.05) is 43.3 Å². The topological polar surface area (TPSA) is 70.6 Å². The summed E-state index contributed by atoms with van der Waals surface area (Å²) in [7, 11) is 0. The fourth-order valence-electron chi connectivity index (χ4n) is 3.75. The summed E-state index contributed by atoms with van der Waals surface area (Å²) in [6.07, 6.45) is 0. The third kappa shape index (κ3) is 6.16. The number of carbonyl (C=O) groups is 1. The number of aryl methyl sites for hydroxylation is 1. The molecular formula is C25H29N5O2S. The number of hydrogen-bond acceptors (Lipinski definition) is 7. The molecule has 1 saturated heterocycles. The first-order chi connectivity index (χ1) is 16.1. The smallest absolute Gasteiger partial charge is 0.234 e. The second-order valence-electron chi connectivity index (χ2n) is 7.81. The van der Waals surface area contributed by atoms with Gasteiger partial charge < -0.3 is 19.9 Å². The number of hydrogen-bond donors (Lipinski definition) is 1. The molecule has 4 rings (SSSR count). The fourth-order valence-corrected chi connectivity index (χ4v) is 4.37. The Hall–Kier alpha value is -3.26. The molecule has 1 aliphatic heterocycles. The normalized spacial score (nSPS) is 13.6. The lowest BCUT2D eigenvalue weighted by Crippen LogP contribution is -2.46. The molecule has 0 bridgehead atoms. The number of amides is 1. The van der Waals surface area contributed by atoms with Crippen molar-refractivity contribution in [3.05, 3.63) is 66.2 Å². The van der Waals surface area contributed by atoms with Gasteiger partial charge in [0.2, 0.25) is 5.91 Å². The Bertz CT molecular complexity index is 1070. The molecule has 1 N–H and O–H groups in total. The summed E-state index contributed by atoms with van der Waals surface area (Å²) in [4.78, 5) is 17.0. The number of thioether (sulfide) groups is 1. The van der Waals surface area contributed by atoms with E-state index in [9.17, 15) is 4.79 Å². The number of para-hydroxylation sites is 2. The Labute approximate surface area is 199 Å². The molecule has 1 aromatic heterocycles. The highest BCUT2D eigenvalue weighted by atomic mass is 32.2. The van der Waals surface area contributed by atoms with Crippen LogP contribution in [0.3, 0.4) is 0 Å². The van der Waals surface area contributed by atoms with Crippen LogP contribution in [0.25, 0.3) is 0 Å². The molecule has 2 heterocycles. The zero-order valence-electron chi connectivity index (χ0n) is 19.0. The van der Waals surface area contributed by atoms with Crippen molar-refractivity contribution >= 4 is 34.9 Å². The van der Waals surface area contributed by atoms with Gasteiger partial charge in [-0.1, -0.05) is 36.0 Å². The summed E-state index contributed by atoms with van der Waals surface area (Å²) in [6, 6.07) is 20.0. The van der Waals surface area contributed by atoms with E-state index in [0.29, 0.717) is 18.0 Å². The number of carbonyl (C=O) groups excluding carboxylic acids is 1. The first-order valence-electron chi connectivity index (χ1n) is 11.2. The van der Waals surface area contributed by atoms with Gasteiger partial charge in [0.1, 0.15) is 10.8 Å². The van der Waals surface area contributed by atoms with Crippen LogP contribution < -0.4 is 19.9 Å². The molecule has 7 nitrogen and oxygen atoms in total. The summed E-state index contributed by atoms with van der Waals surface area (Å²) in [6.45, 7) is 8.28. The van der Waals surface area contributed by atoms with Crippen molar-refractivity contribution in [1.82, 2.24) is 10.2 Å². The van der Waals surface area contributed by atoms with E-state index in [4.69, 9.17) is 4.74 Å². The summed E-state index contributed by atoms with van der Waals surface area (Å²) in [5.74, 6) is 1.69. The lowest BCUT2D eigenvalue weighted by Gasteiger charge is -2.36. The summed E-state index contributed by atoms with van der Waals surface area (Å²) in [5, 5.41) is 12.4. The zero-order valence-corrected chi connectivity index (χ0v) is 19.8. The van der Waals surface area contributed by atoms with E-state index < -0.39 is 0 Å². The van der Waals surface area contributed by atoms with Crippen molar-refractivity contribution in [2.24, 2.45) is 0 Å². The average Bonchev–Trinajstić information content (AvgIpc) is 2.85. The molecule has 0 saturated carbocycles. The Kier molecular flexibility index (Phi) is 7.67. The van der Waals surface area contributed by atoms with Crippen LogP contribution in [0.5, 0.6) is 5.75 Å². The van der Waals surface area contributed by atoms with Gasteiger partial charge in [-0.05, 0) is 55.8 Å². The second kappa shape index (κ2) is 11.0. The van der Waals surface area contributed by atoms with Crippen LogP contribution in [0.15, 0.2) is 65.7 Å². The number of nitrogens with zero attached hydrogens (tertiary/aromatic N) is 4. The van der Waals surface area contributed by atoms with Crippen LogP contribution in [-0.4, -0.2) is 54.6 Å². The predicted molar refractivity (Wildman–Crippen MR) is 135 cm³/mol. The molecule has 0 radical (unpaired) electrons. The van der Waals surface area contributed by atoms with Gasteiger partial charge in [-0.3, -0.25) is 4.79 Å². The summed E-state index contributed by atoms with van der Waals surface area (Å²) < 4.78 is 5.56. The first-order valence-corrected chi connectivity index (χ1v) is 12.2. The quantitative estimate of drug-likeness (QED) is 0.501. The second-order valence-corrected chi connectivity index (χ2v) is 8.80. The predicted octanol–water partition coefficient (Wildman–Crippen LogP) is 4.24. The number of anilines is 3. The van der Waals surface area contributed by atoms with Crippen molar-refractivity contribution in [2.45, 2.75) is 18.9 Å². The maximum Gasteiger partial charge on any atom is 0.234 e. The average molecular weight is 464 g/mol. The first kappa shape index (κ1) is 22.9. The minimum Gasteiger partial charge on any atom is -0.492 e. The van der Waals surface area contributed by atoms with E-state index >= 15 is 0 Å². The number of rotatable bonds is 8. The van der Waals surface area contributed by atoms with Gasteiger partial charge in [-0.25, -0.2) is 0 Å². The van der Waals surface area contributed by atoms with Crippen LogP contribution in [0.1, 0.15) is 12.5 Å². The third-order valence-electron chi connectivity index (χ3n) is 5.41. The van der Waals surface area contributed by atoms with Crippen molar-refractivity contribution in [2.75, 3.05) is 53.7 Å². The number of nitrogens with one attached hydrogen (secondary N) is 1. The van der Waals surface area contributed by atoms with Crippen LogP contribution in [0.2, 0.25) is 0 Å². The molecule has 172 valence electrons. The summed E-state index contributed by atoms with van der Waals surface area (Å²) in [5.41, 5.74) is 3.23. The Balaban J connectivity index is 1.26. The molecule has 1 amide bonds. The molecule has 0 spiro atoms. The van der Waals surface area contributed by atoms with E-state index in [0.717, 1.165) is 37.0 Å². The van der Waals surface area contributed by atoms with E-state index in [2.05, 4.69) is 56.5 Å². The molecule has 1 fully saturated rings. The SMILES string of the molecule is CCOc1ccccc1NC(=O)CSc1ccc(N2CCN(c3cccc(C)c3)CC2)nn1. The van der Waals surface area contributed by atoms with Crippen molar-refractivity contribution < 1.29 is 9.53 Å². The maximum absolute atomic E-state index is 12.4. The van der Waals surface area contributed by atoms with Crippen LogP contribution in [-0.2, 0) is 4.79 Å². The lowest BCUT2D eigenvalue weighted by molar-refractivity contribution is -0.113. The largest absolute Gasteiger partial charge is 0.492 e. The van der Waals surface area contributed by atoms with Crippen LogP contribution >= 0.6 is 11.8 Å². The van der Waals surface area contributed by atoms with E-state index in [1.54, 1.807) is 0 Å². The van der Waals surface area contributed by atoms with Gasteiger partial charge in [-0.2, -0.15) is 0 Å². The highest BCUT2D eigenvalue weighted by Gasteiger charge is 2.19. The van der Waals surface area contributed by atoms with Crippen LogP contribution in [0, 0.1) is 6.92 Å². The molecule has 33 heavy (non-hydrogen) atoms. The monoisotopic (exact) mass is 463 g/mol. The number of benzene rings is 2. The Morgan fingerprint density at radius 2 is 1.79 bits per heavy atom. The standard InChI is InChI=1S/C25H29N5O2S/c1-3-32-22-10-5-4-9-21(22)26-24(31)18-33-25-12-11-23(27-28-25)30-15-13-29(14-16-30)20-8-6-7-19(2)17-20/h4-12,17H,3,13-16,18H2,1-2H3,(H,26,31). The highest BCUT2D eigenvalue weighted by molar-refractivity contribution is 7.99. The van der Waals surface area contributed by atoms with Gasteiger partial charge in [0.25, 0.3) is 0 Å². The molecule has 0 aliphatic carbocycles.